The van der Waals surface area contributed by atoms with E-state index in [9.17, 15) is 9.11 Å². The Hall–Kier alpha value is -2.30. The van der Waals surface area contributed by atoms with Gasteiger partial charge < -0.3 is 30.9 Å². The van der Waals surface area contributed by atoms with Crippen molar-refractivity contribution in [1.82, 2.24) is 4.31 Å². The maximum absolute atomic E-state index is 11.8. The van der Waals surface area contributed by atoms with Crippen molar-refractivity contribution < 1.29 is 40.0 Å². The van der Waals surface area contributed by atoms with Gasteiger partial charge >= 0.3 is 0 Å². The quantitative estimate of drug-likeness (QED) is 0.128. The highest BCUT2D eigenvalue weighted by atomic mass is 79.9. The Kier molecular flexibility index (Phi) is 11.7. The molecule has 1 aliphatic heterocycles. The highest BCUT2D eigenvalue weighted by Crippen LogP contribution is 2.53. The van der Waals surface area contributed by atoms with Crippen molar-refractivity contribution in [3.05, 3.63) is 100 Å². The van der Waals surface area contributed by atoms with Crippen LogP contribution in [0.3, 0.4) is 0 Å². The van der Waals surface area contributed by atoms with Crippen LogP contribution in [-0.2, 0) is 13.1 Å². The number of nitrogens with zero attached hydrogens (tertiary/aromatic N) is 2. The van der Waals surface area contributed by atoms with Crippen LogP contribution in [0.2, 0.25) is 5.02 Å². The molecular weight excluding hydrogens is 660 g/mol. The van der Waals surface area contributed by atoms with Crippen molar-refractivity contribution in [2.45, 2.75) is 58.5 Å². The summed E-state index contributed by atoms with van der Waals surface area (Å²) in [5.74, 6) is 1.24. The van der Waals surface area contributed by atoms with E-state index in [1.807, 2.05) is 48.5 Å². The number of ether oxygens (including phenoxy) is 2. The Labute approximate surface area is 279 Å². The molecule has 2 N–H and O–H groups in total. The molecule has 0 aromatic heterocycles. The molecule has 0 fully saturated rings. The first-order chi connectivity index (χ1) is 20.6. The molecule has 238 valence electrons. The van der Waals surface area contributed by atoms with Crippen LogP contribution in [0, 0.1) is 13.8 Å². The van der Waals surface area contributed by atoms with Gasteiger partial charge in [-0.3, -0.25) is 9.11 Å². The third-order valence-electron chi connectivity index (χ3n) is 8.72. The molecule has 44 heavy (non-hydrogen) atoms. The summed E-state index contributed by atoms with van der Waals surface area (Å²) >= 11 is 6.67. The fourth-order valence-electron chi connectivity index (χ4n) is 6.18. The predicted molar refractivity (Wildman–Crippen MR) is 178 cm³/mol. The van der Waals surface area contributed by atoms with Gasteiger partial charge in [-0.1, -0.05) is 71.3 Å². The maximum atomic E-state index is 11.8. The van der Waals surface area contributed by atoms with Crippen molar-refractivity contribution in [2.75, 3.05) is 33.0 Å². The van der Waals surface area contributed by atoms with Crippen molar-refractivity contribution in [2.24, 2.45) is 0 Å². The molecule has 0 aliphatic carbocycles. The predicted octanol–water partition coefficient (Wildman–Crippen LogP) is 6.21. The van der Waals surface area contributed by atoms with Gasteiger partial charge in [0.15, 0.2) is 11.5 Å². The highest BCUT2D eigenvalue weighted by molar-refractivity contribution is 8.22. The number of hydrogen-bond acceptors (Lipinski definition) is 5. The van der Waals surface area contributed by atoms with Gasteiger partial charge in [0.1, 0.15) is 6.54 Å². The SMILES string of the molecule is CC[N+](CC)(CCCCN(Cc1cc2c(cc1Cl)OCO2)S(O)(O)c1ccc2ccccc2c1)Cc1cc(C)cc(C)c1.[Br-]. The van der Waals surface area contributed by atoms with Gasteiger partial charge in [-0.2, -0.15) is 4.31 Å². The molecule has 0 spiro atoms. The summed E-state index contributed by atoms with van der Waals surface area (Å²) in [7, 11) is -3.31. The molecule has 1 heterocycles. The summed E-state index contributed by atoms with van der Waals surface area (Å²) in [5.41, 5.74) is 4.76. The minimum Gasteiger partial charge on any atom is -1.00 e. The van der Waals surface area contributed by atoms with Crippen LogP contribution < -0.4 is 26.5 Å². The van der Waals surface area contributed by atoms with E-state index in [1.54, 1.807) is 10.4 Å². The zero-order valence-corrected chi connectivity index (χ0v) is 29.2. The molecule has 0 unspecified atom stereocenters. The number of unbranched alkanes of at least 4 members (excludes halogenated alkanes) is 1. The minimum atomic E-state index is -3.31. The van der Waals surface area contributed by atoms with Gasteiger partial charge in [-0.05, 0) is 75.1 Å². The van der Waals surface area contributed by atoms with Crippen molar-refractivity contribution in [3.63, 3.8) is 0 Å². The first-order valence-corrected chi connectivity index (χ1v) is 17.0. The number of quaternary nitrogens is 1. The van der Waals surface area contributed by atoms with Gasteiger partial charge in [0, 0.05) is 29.7 Å². The Balaban J connectivity index is 0.00000442. The standard InChI is InChI=1S/C35H43ClN2O4S.BrH/c1-5-38(6-2,24-28-18-26(3)17-27(4)19-28)16-10-9-15-37(23-31-21-34-35(22-33(31)36)42-25-41-34)43(39,40)32-14-13-29-11-7-8-12-30(29)20-32;/h7-8,11-14,17-22H,5-6,9-10,15-16,23-25H2,1-4H3,(H-,39,40);1H. The molecule has 0 saturated carbocycles. The molecule has 6 nitrogen and oxygen atoms in total. The van der Waals surface area contributed by atoms with E-state index in [-0.39, 0.29) is 30.3 Å². The number of halogens is 2. The summed E-state index contributed by atoms with van der Waals surface area (Å²) in [6.45, 7) is 13.9. The molecule has 5 rings (SSSR count). The molecular formula is C35H44BrClN2O4S. The van der Waals surface area contributed by atoms with Gasteiger partial charge in [-0.15, -0.1) is 10.8 Å². The van der Waals surface area contributed by atoms with E-state index in [0.29, 0.717) is 28.0 Å². The van der Waals surface area contributed by atoms with Gasteiger partial charge in [0.05, 0.1) is 24.5 Å². The smallest absolute Gasteiger partial charge is 0.231 e. The van der Waals surface area contributed by atoms with Crippen molar-refractivity contribution in [1.29, 1.82) is 0 Å². The fraction of sp³-hybridized carbons (Fsp3) is 0.371. The second kappa shape index (κ2) is 14.9. The van der Waals surface area contributed by atoms with Crippen molar-refractivity contribution in [3.8, 4) is 11.5 Å². The monoisotopic (exact) mass is 702 g/mol. The second-order valence-corrected chi connectivity index (χ2v) is 14.2. The normalized spacial score (nSPS) is 13.4. The van der Waals surface area contributed by atoms with Gasteiger partial charge in [0.2, 0.25) is 6.79 Å². The molecule has 0 radical (unpaired) electrons. The van der Waals surface area contributed by atoms with E-state index in [2.05, 4.69) is 45.9 Å². The summed E-state index contributed by atoms with van der Waals surface area (Å²) in [6.07, 6.45) is 1.78. The van der Waals surface area contributed by atoms with Gasteiger partial charge in [0.25, 0.3) is 0 Å². The van der Waals surface area contributed by atoms with Crippen LogP contribution >= 0.6 is 22.4 Å². The minimum absolute atomic E-state index is 0. The molecule has 0 atom stereocenters. The zero-order chi connectivity index (χ0) is 30.6. The van der Waals surface area contributed by atoms with Crippen LogP contribution in [-0.4, -0.2) is 50.9 Å². The lowest BCUT2D eigenvalue weighted by Gasteiger charge is -2.43. The number of rotatable bonds is 13. The first kappa shape index (κ1) is 34.6. The fourth-order valence-corrected chi connectivity index (χ4v) is 7.93. The Morgan fingerprint density at radius 3 is 2.18 bits per heavy atom. The lowest BCUT2D eigenvalue weighted by Crippen LogP contribution is -3.00. The average Bonchev–Trinajstić information content (AvgIpc) is 3.44. The number of aryl methyl sites for hydroxylation is 2. The van der Waals surface area contributed by atoms with E-state index in [4.69, 9.17) is 21.1 Å². The zero-order valence-electron chi connectivity index (χ0n) is 26.1. The Morgan fingerprint density at radius 1 is 0.841 bits per heavy atom. The highest BCUT2D eigenvalue weighted by Gasteiger charge is 2.29. The summed E-state index contributed by atoms with van der Waals surface area (Å²) < 4.78 is 37.5. The molecule has 4 aromatic carbocycles. The lowest BCUT2D eigenvalue weighted by molar-refractivity contribution is -0.938. The summed E-state index contributed by atoms with van der Waals surface area (Å²) in [6, 6.07) is 24.1. The Morgan fingerprint density at radius 2 is 1.50 bits per heavy atom. The van der Waals surface area contributed by atoms with Crippen LogP contribution in [0.15, 0.2) is 77.7 Å². The largest absolute Gasteiger partial charge is 1.00 e. The summed E-state index contributed by atoms with van der Waals surface area (Å²) in [4.78, 5) is 0.505. The van der Waals surface area contributed by atoms with E-state index in [1.165, 1.54) is 16.7 Å². The number of hydrogen-bond donors (Lipinski definition) is 2. The van der Waals surface area contributed by atoms with E-state index >= 15 is 0 Å². The number of benzene rings is 4. The summed E-state index contributed by atoms with van der Waals surface area (Å²) in [5, 5.41) is 2.55. The van der Waals surface area contributed by atoms with Crippen molar-refractivity contribution >= 4 is 33.1 Å². The molecule has 0 amide bonds. The topological polar surface area (TPSA) is 62.2 Å². The van der Waals surface area contributed by atoms with E-state index in [0.717, 1.165) is 59.8 Å². The average molecular weight is 704 g/mol. The van der Waals surface area contributed by atoms with E-state index < -0.39 is 10.8 Å². The number of fused-ring (bicyclic) bond motifs is 2. The van der Waals surface area contributed by atoms with Crippen LogP contribution in [0.25, 0.3) is 10.8 Å². The van der Waals surface area contributed by atoms with Crippen LogP contribution in [0.4, 0.5) is 0 Å². The first-order valence-electron chi connectivity index (χ1n) is 15.1. The third kappa shape index (κ3) is 7.91. The Bertz CT molecular complexity index is 1560. The van der Waals surface area contributed by atoms with Crippen LogP contribution in [0.1, 0.15) is 48.9 Å². The van der Waals surface area contributed by atoms with Gasteiger partial charge in [-0.25, -0.2) is 0 Å². The second-order valence-electron chi connectivity index (χ2n) is 11.7. The molecule has 0 bridgehead atoms. The lowest BCUT2D eigenvalue weighted by atomic mass is 10.1. The molecule has 4 aromatic rings. The van der Waals surface area contributed by atoms with Crippen LogP contribution in [0.5, 0.6) is 11.5 Å². The molecule has 9 heteroatoms. The maximum Gasteiger partial charge on any atom is 0.231 e. The third-order valence-corrected chi connectivity index (χ3v) is 11.0. The molecule has 1 aliphatic rings. The molecule has 0 saturated heterocycles.